The fourth-order valence-electron chi connectivity index (χ4n) is 4.36. The number of nitrogens with one attached hydrogen (secondary N) is 2. The van der Waals surface area contributed by atoms with Gasteiger partial charge >= 0.3 is 6.09 Å². The molecule has 2 heterocycles. The van der Waals surface area contributed by atoms with Gasteiger partial charge in [0.1, 0.15) is 21.6 Å². The molecule has 0 atom stereocenters. The van der Waals surface area contributed by atoms with Crippen LogP contribution in [0.5, 0.6) is 11.5 Å². The maximum atomic E-state index is 11.6. The van der Waals surface area contributed by atoms with Crippen LogP contribution in [-0.4, -0.2) is 93.0 Å². The largest absolute Gasteiger partial charge is 0.495 e. The highest BCUT2D eigenvalue weighted by molar-refractivity contribution is 9.10. The highest BCUT2D eigenvalue weighted by Crippen LogP contribution is 2.37. The summed E-state index contributed by atoms with van der Waals surface area (Å²) in [6, 6.07) is 9.57. The molecule has 0 unspecified atom stereocenters. The highest BCUT2D eigenvalue weighted by atomic mass is 79.9. The predicted octanol–water partition coefficient (Wildman–Crippen LogP) is 5.83. The number of nitrogens with zero attached hydrogens (tertiary/aromatic N) is 4. The first-order valence-electron chi connectivity index (χ1n) is 14.3. The monoisotopic (exact) mass is 754 g/mol. The van der Waals surface area contributed by atoms with Crippen LogP contribution in [0.15, 0.2) is 40.9 Å². The maximum absolute atomic E-state index is 11.6. The Morgan fingerprint density at radius 2 is 1.33 bits per heavy atom. The summed E-state index contributed by atoms with van der Waals surface area (Å²) in [5.41, 5.74) is 0.316. The number of methoxy groups -OCH3 is 2. The number of anilines is 1. The number of carbonyl (C=O) groups is 1. The molecule has 2 aliphatic heterocycles. The maximum Gasteiger partial charge on any atom is 0.410 e. The van der Waals surface area contributed by atoms with Gasteiger partial charge in [-0.15, -0.1) is 24.8 Å². The van der Waals surface area contributed by atoms with Gasteiger partial charge in [-0.2, -0.15) is 0 Å². The van der Waals surface area contributed by atoms with Crippen LogP contribution in [0.3, 0.4) is 0 Å². The van der Waals surface area contributed by atoms with E-state index in [9.17, 15) is 25.0 Å². The third-order valence-corrected chi connectivity index (χ3v) is 7.20. The van der Waals surface area contributed by atoms with Gasteiger partial charge in [0.05, 0.1) is 24.1 Å². The van der Waals surface area contributed by atoms with Gasteiger partial charge < -0.3 is 34.6 Å². The zero-order valence-electron chi connectivity index (χ0n) is 26.8. The average molecular weight is 757 g/mol. The number of carbonyl (C=O) groups excluding carboxylic acids is 1. The fraction of sp³-hybridized carbons (Fsp3) is 0.552. The first-order valence-corrected chi connectivity index (χ1v) is 15.1. The number of halogens is 3. The number of rotatable bonds is 5. The summed E-state index contributed by atoms with van der Waals surface area (Å²) < 4.78 is 15.8. The van der Waals surface area contributed by atoms with Crippen LogP contribution < -0.4 is 25.0 Å². The Kier molecular flexibility index (Phi) is 20.2. The first-order chi connectivity index (χ1) is 20.9. The molecule has 46 heavy (non-hydrogen) atoms. The summed E-state index contributed by atoms with van der Waals surface area (Å²) in [6.07, 6.45) is 1.77. The molecule has 0 spiro atoms. The van der Waals surface area contributed by atoms with Crippen LogP contribution in [0.25, 0.3) is 0 Å². The smallest absolute Gasteiger partial charge is 0.410 e. The molecule has 1 amide bonds. The third-order valence-electron chi connectivity index (χ3n) is 6.40. The number of ether oxygens (including phenoxy) is 3. The number of hydrogen-bond donors (Lipinski definition) is 2. The SMILES string of the molecule is CC(C)(C)OC(=O)N1CCCNCC1.COc1cccc([N+](=O)[O-])c1Br.COc1cccc([N+](=O)[O-])c1N1CCCNCC1.Cl.Cl. The number of benzene rings is 2. The van der Waals surface area contributed by atoms with Crippen LogP contribution >= 0.6 is 40.7 Å². The number of hydrogen-bond acceptors (Lipinski definition) is 11. The van der Waals surface area contributed by atoms with E-state index in [1.807, 2.05) is 25.7 Å². The lowest BCUT2D eigenvalue weighted by Crippen LogP contribution is -2.38. The van der Waals surface area contributed by atoms with Crippen molar-refractivity contribution < 1.29 is 28.9 Å². The minimum Gasteiger partial charge on any atom is -0.495 e. The standard InChI is InChI=1S/C12H17N3O3.C10H20N2O2.C7H6BrNO3.2ClH/c1-18-11-5-2-4-10(15(16)17)12(11)14-8-3-6-13-7-9-14;1-10(2,3)14-9(13)12-7-4-5-11-6-8-12;1-12-6-4-2-3-5(7(6)8)9(10)11;;/h2,4-5,13H,3,6-9H2,1H3;11H,4-8H2,1-3H3;2-4H,1H3;2*1H. The summed E-state index contributed by atoms with van der Waals surface area (Å²) >= 11 is 3.08. The van der Waals surface area contributed by atoms with Crippen molar-refractivity contribution in [1.82, 2.24) is 15.5 Å². The summed E-state index contributed by atoms with van der Waals surface area (Å²) in [5.74, 6) is 1.02. The molecule has 2 fully saturated rings. The Balaban J connectivity index is 0.000000661. The molecule has 2 saturated heterocycles. The second-order valence-electron chi connectivity index (χ2n) is 10.8. The Hall–Kier alpha value is -3.11. The van der Waals surface area contributed by atoms with Crippen molar-refractivity contribution in [2.24, 2.45) is 0 Å². The summed E-state index contributed by atoms with van der Waals surface area (Å²) in [4.78, 5) is 36.2. The first kappa shape index (κ1) is 42.9. The molecule has 14 nitrogen and oxygen atoms in total. The molecule has 2 aromatic rings. The molecule has 0 aromatic heterocycles. The third kappa shape index (κ3) is 14.1. The highest BCUT2D eigenvalue weighted by Gasteiger charge is 2.25. The zero-order chi connectivity index (χ0) is 32.7. The van der Waals surface area contributed by atoms with Crippen LogP contribution in [0.1, 0.15) is 33.6 Å². The van der Waals surface area contributed by atoms with Gasteiger partial charge in [-0.05, 0) is 74.8 Å². The minimum absolute atomic E-state index is 0. The molecule has 2 aromatic carbocycles. The van der Waals surface area contributed by atoms with Crippen LogP contribution in [-0.2, 0) is 4.74 Å². The molecule has 0 radical (unpaired) electrons. The second-order valence-corrected chi connectivity index (χ2v) is 11.6. The van der Waals surface area contributed by atoms with Crippen LogP contribution in [0.4, 0.5) is 21.9 Å². The number of para-hydroxylation sites is 1. The van der Waals surface area contributed by atoms with E-state index in [1.165, 1.54) is 19.2 Å². The number of amides is 1. The van der Waals surface area contributed by atoms with Gasteiger partial charge in [0.2, 0.25) is 0 Å². The molecule has 0 saturated carbocycles. The van der Waals surface area contributed by atoms with Gasteiger partial charge in [-0.3, -0.25) is 20.2 Å². The molecule has 2 aliphatic rings. The fourth-order valence-corrected chi connectivity index (χ4v) is 4.93. The van der Waals surface area contributed by atoms with E-state index in [4.69, 9.17) is 14.2 Å². The molecular weight excluding hydrogens is 711 g/mol. The molecule has 2 N–H and O–H groups in total. The van der Waals surface area contributed by atoms with E-state index in [1.54, 1.807) is 36.3 Å². The lowest BCUT2D eigenvalue weighted by atomic mass is 10.2. The Morgan fingerprint density at radius 1 is 0.804 bits per heavy atom. The minimum atomic E-state index is -0.466. The van der Waals surface area contributed by atoms with Gasteiger partial charge in [-0.25, -0.2) is 4.79 Å². The lowest BCUT2D eigenvalue weighted by molar-refractivity contribution is -0.385. The van der Waals surface area contributed by atoms with Crippen molar-refractivity contribution >= 4 is 63.9 Å². The van der Waals surface area contributed by atoms with Crippen molar-refractivity contribution in [3.63, 3.8) is 0 Å². The Bertz CT molecular complexity index is 1240. The number of nitro groups is 2. The molecule has 17 heteroatoms. The molecule has 0 aliphatic carbocycles. The van der Waals surface area contributed by atoms with E-state index in [2.05, 4.69) is 26.6 Å². The van der Waals surface area contributed by atoms with Crippen molar-refractivity contribution in [3.05, 3.63) is 61.1 Å². The van der Waals surface area contributed by atoms with Crippen molar-refractivity contribution in [2.45, 2.75) is 39.2 Å². The van der Waals surface area contributed by atoms with E-state index >= 15 is 0 Å². The summed E-state index contributed by atoms with van der Waals surface area (Å²) in [5, 5.41) is 28.1. The van der Waals surface area contributed by atoms with E-state index in [0.717, 1.165) is 65.2 Å². The van der Waals surface area contributed by atoms with Crippen LogP contribution in [0, 0.1) is 20.2 Å². The Morgan fingerprint density at radius 3 is 1.87 bits per heavy atom. The lowest BCUT2D eigenvalue weighted by Gasteiger charge is -2.26. The van der Waals surface area contributed by atoms with E-state index < -0.39 is 10.5 Å². The van der Waals surface area contributed by atoms with Gasteiger partial charge in [0, 0.05) is 51.4 Å². The van der Waals surface area contributed by atoms with Gasteiger partial charge in [0.15, 0.2) is 5.69 Å². The predicted molar refractivity (Wildman–Crippen MR) is 186 cm³/mol. The Labute approximate surface area is 290 Å². The van der Waals surface area contributed by atoms with Gasteiger partial charge in [-0.1, -0.05) is 12.1 Å². The topological polar surface area (TPSA) is 162 Å². The normalized spacial score (nSPS) is 14.6. The van der Waals surface area contributed by atoms with Crippen molar-refractivity contribution in [2.75, 3.05) is 71.5 Å². The second kappa shape index (κ2) is 21.6. The molecule has 0 bridgehead atoms. The van der Waals surface area contributed by atoms with E-state index in [0.29, 0.717) is 21.7 Å². The molecule has 4 rings (SSSR count). The molecule has 260 valence electrons. The summed E-state index contributed by atoms with van der Waals surface area (Å²) in [7, 11) is 3.00. The van der Waals surface area contributed by atoms with Crippen molar-refractivity contribution in [3.8, 4) is 11.5 Å². The average Bonchev–Trinajstić information content (AvgIpc) is 3.42. The number of nitro benzene ring substituents is 2. The van der Waals surface area contributed by atoms with Crippen LogP contribution in [0.2, 0.25) is 0 Å². The summed E-state index contributed by atoms with van der Waals surface area (Å²) in [6.45, 7) is 12.4. The van der Waals surface area contributed by atoms with Crippen molar-refractivity contribution in [1.29, 1.82) is 0 Å². The van der Waals surface area contributed by atoms with Gasteiger partial charge in [0.25, 0.3) is 11.4 Å². The molecular formula is C29H45BrCl2N6O8. The quantitative estimate of drug-likeness (QED) is 0.279. The zero-order valence-corrected chi connectivity index (χ0v) is 30.0. The van der Waals surface area contributed by atoms with E-state index in [-0.39, 0.29) is 47.2 Å².